The van der Waals surface area contributed by atoms with E-state index in [1.165, 1.54) is 6.20 Å². The van der Waals surface area contributed by atoms with Crippen LogP contribution in [-0.2, 0) is 13.1 Å². The molecule has 0 saturated carbocycles. The Balaban J connectivity index is 1.59. The number of carbonyl (C=O) groups excluding carboxylic acids is 1. The number of aromatic amines is 1. The molecule has 0 saturated heterocycles. The van der Waals surface area contributed by atoms with Gasteiger partial charge in [-0.15, -0.1) is 0 Å². The molecule has 5 nitrogen and oxygen atoms in total. The third-order valence-corrected chi connectivity index (χ3v) is 4.16. The monoisotopic (exact) mass is 389 g/mol. The van der Waals surface area contributed by atoms with Gasteiger partial charge in [0, 0.05) is 30.2 Å². The lowest BCUT2D eigenvalue weighted by atomic mass is 10.1. The fourth-order valence-corrected chi connectivity index (χ4v) is 2.74. The number of fused-ring (bicyclic) bond motifs is 1. The van der Waals surface area contributed by atoms with Gasteiger partial charge in [0.15, 0.2) is 0 Å². The van der Waals surface area contributed by atoms with Crippen molar-refractivity contribution in [3.63, 3.8) is 0 Å². The molecule has 3 rings (SSSR count). The molecule has 0 fully saturated rings. The number of hydrogen-bond acceptors (Lipinski definition) is 3. The number of pyridine rings is 1. The summed E-state index contributed by atoms with van der Waals surface area (Å²) in [4.78, 5) is 27.7. The Kier molecular flexibility index (Phi) is 5.79. The normalized spacial score (nSPS) is 11.5. The molecule has 146 valence electrons. The van der Waals surface area contributed by atoms with Crippen molar-refractivity contribution < 1.29 is 18.0 Å². The number of amides is 1. The lowest BCUT2D eigenvalue weighted by Gasteiger charge is -2.09. The number of benzene rings is 2. The summed E-state index contributed by atoms with van der Waals surface area (Å²) >= 11 is 0. The van der Waals surface area contributed by atoms with Gasteiger partial charge < -0.3 is 15.6 Å². The average Bonchev–Trinajstić information content (AvgIpc) is 2.67. The van der Waals surface area contributed by atoms with Crippen LogP contribution in [0.2, 0.25) is 0 Å². The highest BCUT2D eigenvalue weighted by Crippen LogP contribution is 2.13. The molecule has 0 aliphatic carbocycles. The number of hydrogen-bond donors (Lipinski definition) is 3. The summed E-state index contributed by atoms with van der Waals surface area (Å²) in [6, 6.07) is 13.7. The van der Waals surface area contributed by atoms with Crippen LogP contribution in [0, 0.1) is 0 Å². The van der Waals surface area contributed by atoms with Crippen LogP contribution >= 0.6 is 0 Å². The van der Waals surface area contributed by atoms with Gasteiger partial charge in [0.2, 0.25) is 5.43 Å². The first-order valence-electron chi connectivity index (χ1n) is 8.57. The Morgan fingerprint density at radius 1 is 0.964 bits per heavy atom. The second-order valence-corrected chi connectivity index (χ2v) is 6.29. The van der Waals surface area contributed by atoms with Crippen molar-refractivity contribution in [1.29, 1.82) is 0 Å². The van der Waals surface area contributed by atoms with Gasteiger partial charge in [-0.1, -0.05) is 36.4 Å². The third-order valence-electron chi connectivity index (χ3n) is 4.16. The Morgan fingerprint density at radius 2 is 1.61 bits per heavy atom. The molecular formula is C20H18F3N3O2. The minimum Gasteiger partial charge on any atom is -0.360 e. The average molecular weight is 389 g/mol. The molecule has 1 amide bonds. The minimum atomic E-state index is -4.25. The zero-order valence-electron chi connectivity index (χ0n) is 14.8. The number of H-pyrrole nitrogens is 1. The molecule has 2 aromatic carbocycles. The minimum absolute atomic E-state index is 0.0201. The van der Waals surface area contributed by atoms with Crippen LogP contribution in [0.25, 0.3) is 10.9 Å². The number of rotatable bonds is 6. The first-order chi connectivity index (χ1) is 13.3. The second kappa shape index (κ2) is 8.26. The number of nitrogens with one attached hydrogen (secondary N) is 3. The van der Waals surface area contributed by atoms with E-state index in [0.717, 1.165) is 5.56 Å². The van der Waals surface area contributed by atoms with Crippen LogP contribution in [-0.4, -0.2) is 23.6 Å². The van der Waals surface area contributed by atoms with Crippen molar-refractivity contribution in [2.45, 2.75) is 19.3 Å². The molecule has 0 spiro atoms. The van der Waals surface area contributed by atoms with E-state index in [1.54, 1.807) is 48.5 Å². The van der Waals surface area contributed by atoms with E-state index >= 15 is 0 Å². The molecule has 0 aliphatic rings. The fraction of sp³-hybridized carbons (Fsp3) is 0.200. The maximum atomic E-state index is 12.4. The molecule has 0 atom stereocenters. The van der Waals surface area contributed by atoms with E-state index in [-0.39, 0.29) is 24.1 Å². The van der Waals surface area contributed by atoms with E-state index in [9.17, 15) is 22.8 Å². The predicted octanol–water partition coefficient (Wildman–Crippen LogP) is 3.11. The highest BCUT2D eigenvalue weighted by molar-refractivity contribution is 5.97. The molecule has 3 N–H and O–H groups in total. The number of alkyl halides is 3. The Bertz CT molecular complexity index is 1030. The zero-order chi connectivity index (χ0) is 20.1. The van der Waals surface area contributed by atoms with Crippen molar-refractivity contribution in [3.05, 3.63) is 81.6 Å². The van der Waals surface area contributed by atoms with Crippen LogP contribution in [0.4, 0.5) is 13.2 Å². The molecule has 8 heteroatoms. The van der Waals surface area contributed by atoms with Gasteiger partial charge in [-0.3, -0.25) is 9.59 Å². The summed E-state index contributed by atoms with van der Waals surface area (Å²) in [5, 5.41) is 5.44. The fourth-order valence-electron chi connectivity index (χ4n) is 2.74. The van der Waals surface area contributed by atoms with Gasteiger partial charge >= 0.3 is 6.18 Å². The predicted molar refractivity (Wildman–Crippen MR) is 99.9 cm³/mol. The van der Waals surface area contributed by atoms with E-state index in [0.29, 0.717) is 16.5 Å². The lowest BCUT2D eigenvalue weighted by Crippen LogP contribution is -2.28. The molecular weight excluding hydrogens is 371 g/mol. The summed E-state index contributed by atoms with van der Waals surface area (Å²) in [5.74, 6) is -0.497. The number of carbonyl (C=O) groups is 1. The quantitative estimate of drug-likeness (QED) is 0.607. The van der Waals surface area contributed by atoms with Crippen molar-refractivity contribution in [1.82, 2.24) is 15.6 Å². The van der Waals surface area contributed by atoms with Crippen LogP contribution in [0.1, 0.15) is 21.5 Å². The van der Waals surface area contributed by atoms with Crippen molar-refractivity contribution in [2.24, 2.45) is 0 Å². The zero-order valence-corrected chi connectivity index (χ0v) is 14.8. The smallest absolute Gasteiger partial charge is 0.360 e. The summed E-state index contributed by atoms with van der Waals surface area (Å²) in [5.41, 5.74) is 1.79. The summed E-state index contributed by atoms with van der Waals surface area (Å²) in [7, 11) is 0. The third kappa shape index (κ3) is 4.98. The van der Waals surface area contributed by atoms with Crippen molar-refractivity contribution >= 4 is 16.8 Å². The molecule has 0 radical (unpaired) electrons. The van der Waals surface area contributed by atoms with E-state index < -0.39 is 18.6 Å². The highest BCUT2D eigenvalue weighted by atomic mass is 19.4. The van der Waals surface area contributed by atoms with Crippen LogP contribution < -0.4 is 16.1 Å². The Hall–Kier alpha value is -3.13. The largest absolute Gasteiger partial charge is 0.401 e. The number of halogens is 3. The van der Waals surface area contributed by atoms with Crippen LogP contribution in [0.15, 0.2) is 59.5 Å². The topological polar surface area (TPSA) is 74.0 Å². The number of para-hydroxylation sites is 1. The van der Waals surface area contributed by atoms with Gasteiger partial charge in [0.25, 0.3) is 5.91 Å². The molecule has 0 bridgehead atoms. The maximum absolute atomic E-state index is 12.4. The standard InChI is InChI=1S/C20H18F3N3O2/c21-20(22,23)12-24-9-13-5-7-14(8-6-13)10-26-19(28)16-11-25-17-4-2-1-3-15(17)18(16)27/h1-8,11,24H,9-10,12H2,(H,25,27)(H,26,28). The highest BCUT2D eigenvalue weighted by Gasteiger charge is 2.26. The maximum Gasteiger partial charge on any atom is 0.401 e. The molecule has 28 heavy (non-hydrogen) atoms. The first-order valence-corrected chi connectivity index (χ1v) is 8.57. The second-order valence-electron chi connectivity index (χ2n) is 6.29. The SMILES string of the molecule is O=C(NCc1ccc(CNCC(F)(F)F)cc1)c1c[nH]c2ccccc2c1=O. The van der Waals surface area contributed by atoms with E-state index in [1.807, 2.05) is 0 Å². The molecule has 1 heterocycles. The summed E-state index contributed by atoms with van der Waals surface area (Å²) in [6.07, 6.45) is -2.86. The Labute approximate surface area is 158 Å². The van der Waals surface area contributed by atoms with E-state index in [4.69, 9.17) is 0 Å². The molecule has 3 aromatic rings. The van der Waals surface area contributed by atoms with Crippen molar-refractivity contribution in [3.8, 4) is 0 Å². The summed E-state index contributed by atoms with van der Waals surface area (Å²) < 4.78 is 36.4. The molecule has 0 aliphatic heterocycles. The van der Waals surface area contributed by atoms with Gasteiger partial charge in [-0.2, -0.15) is 13.2 Å². The van der Waals surface area contributed by atoms with Crippen LogP contribution in [0.5, 0.6) is 0 Å². The van der Waals surface area contributed by atoms with Gasteiger partial charge in [0.1, 0.15) is 5.56 Å². The number of aromatic nitrogens is 1. The Morgan fingerprint density at radius 3 is 2.29 bits per heavy atom. The van der Waals surface area contributed by atoms with Gasteiger partial charge in [-0.05, 0) is 23.3 Å². The van der Waals surface area contributed by atoms with Crippen molar-refractivity contribution in [2.75, 3.05) is 6.54 Å². The molecule has 0 unspecified atom stereocenters. The van der Waals surface area contributed by atoms with E-state index in [2.05, 4.69) is 15.6 Å². The van der Waals surface area contributed by atoms with Crippen LogP contribution in [0.3, 0.4) is 0 Å². The molecule has 1 aromatic heterocycles. The van der Waals surface area contributed by atoms with Gasteiger partial charge in [-0.25, -0.2) is 0 Å². The summed E-state index contributed by atoms with van der Waals surface area (Å²) in [6.45, 7) is -0.759. The lowest BCUT2D eigenvalue weighted by molar-refractivity contribution is -0.125. The first kappa shape index (κ1) is 19.6. The van der Waals surface area contributed by atoms with Gasteiger partial charge in [0.05, 0.1) is 6.54 Å².